The van der Waals surface area contributed by atoms with Crippen molar-refractivity contribution in [2.75, 3.05) is 13.2 Å². The number of carboxylic acid groups (broad SMARTS) is 1. The van der Waals surface area contributed by atoms with Gasteiger partial charge in [-0.15, -0.1) is 0 Å². The van der Waals surface area contributed by atoms with Gasteiger partial charge >= 0.3 is 5.97 Å². The van der Waals surface area contributed by atoms with E-state index in [0.29, 0.717) is 26.0 Å². The van der Waals surface area contributed by atoms with E-state index in [1.165, 1.54) is 0 Å². The highest BCUT2D eigenvalue weighted by Gasteiger charge is 2.38. The Balaban J connectivity index is 1.88. The van der Waals surface area contributed by atoms with Crippen LogP contribution >= 0.6 is 8.46 Å². The van der Waals surface area contributed by atoms with E-state index in [0.717, 1.165) is 18.4 Å². The summed E-state index contributed by atoms with van der Waals surface area (Å²) < 4.78 is 17.3. The summed E-state index contributed by atoms with van der Waals surface area (Å²) in [6, 6.07) is 6.88. The molecule has 6 nitrogen and oxygen atoms in total. The van der Waals surface area contributed by atoms with E-state index in [-0.39, 0.29) is 11.6 Å². The lowest BCUT2D eigenvalue weighted by molar-refractivity contribution is -0.0884. The van der Waals surface area contributed by atoms with E-state index < -0.39 is 25.9 Å². The van der Waals surface area contributed by atoms with Crippen LogP contribution in [0.2, 0.25) is 0 Å². The van der Waals surface area contributed by atoms with Crippen LogP contribution in [0.1, 0.15) is 42.1 Å². The minimum absolute atomic E-state index is 0.0917. The van der Waals surface area contributed by atoms with Crippen LogP contribution in [0.4, 0.5) is 0 Å². The van der Waals surface area contributed by atoms with Gasteiger partial charge in [-0.2, -0.15) is 0 Å². The molecular weight excluding hydrogens is 329 g/mol. The summed E-state index contributed by atoms with van der Waals surface area (Å²) in [7, 11) is -1.32. The van der Waals surface area contributed by atoms with Crippen molar-refractivity contribution in [3.05, 3.63) is 35.4 Å². The fraction of sp³-hybridized carbons (Fsp3) is 0.588. The maximum Gasteiger partial charge on any atom is 0.335 e. The lowest BCUT2D eigenvalue weighted by atomic mass is 10.0. The van der Waals surface area contributed by atoms with Crippen molar-refractivity contribution in [2.24, 2.45) is 0 Å². The summed E-state index contributed by atoms with van der Waals surface area (Å²) >= 11 is 0. The molecule has 1 aliphatic rings. The van der Waals surface area contributed by atoms with Crippen LogP contribution < -0.4 is 5.32 Å². The maximum atomic E-state index is 11.5. The highest BCUT2D eigenvalue weighted by molar-refractivity contribution is 7.25. The SMILES string of the molecule is CCCCC(O)([PH2]=O)[C@H]1CN[C@H](Cc2ccc(C(=O)O)cc2)CO1. The monoisotopic (exact) mass is 355 g/mol. The van der Waals surface area contributed by atoms with Crippen molar-refractivity contribution in [2.45, 2.75) is 50.1 Å². The van der Waals surface area contributed by atoms with E-state index in [1.54, 1.807) is 24.3 Å². The van der Waals surface area contributed by atoms with Crippen LogP contribution in [0.25, 0.3) is 0 Å². The van der Waals surface area contributed by atoms with E-state index in [4.69, 9.17) is 9.84 Å². The number of unbranched alkanes of at least 4 members (excludes halogenated alkanes) is 1. The Morgan fingerprint density at radius 1 is 1.42 bits per heavy atom. The number of aliphatic hydroxyl groups is 1. The molecule has 1 aliphatic heterocycles. The maximum absolute atomic E-state index is 11.5. The standard InChI is InChI=1S/C17H26NO5P/c1-2-3-8-17(21,24-22)15-10-18-14(11-23-15)9-12-4-6-13(7-5-12)16(19)20/h4-7,14-15,18,21H,2-3,8-11,24H2,1H3,(H,19,20)/t14-,15-,17?/m1/s1. The molecule has 24 heavy (non-hydrogen) atoms. The molecule has 3 N–H and O–H groups in total. The Morgan fingerprint density at radius 2 is 2.12 bits per heavy atom. The van der Waals surface area contributed by atoms with Crippen molar-refractivity contribution in [1.29, 1.82) is 0 Å². The fourth-order valence-corrected chi connectivity index (χ4v) is 3.59. The Labute approximate surface area is 143 Å². The van der Waals surface area contributed by atoms with Crippen LogP contribution in [0.5, 0.6) is 0 Å². The van der Waals surface area contributed by atoms with Gasteiger partial charge in [0, 0.05) is 12.6 Å². The Morgan fingerprint density at radius 3 is 2.62 bits per heavy atom. The lowest BCUT2D eigenvalue weighted by Gasteiger charge is -2.38. The molecule has 4 atom stereocenters. The fourth-order valence-electron chi connectivity index (χ4n) is 2.90. The quantitative estimate of drug-likeness (QED) is 0.617. The van der Waals surface area contributed by atoms with Crippen molar-refractivity contribution in [1.82, 2.24) is 5.32 Å². The van der Waals surface area contributed by atoms with Gasteiger partial charge in [0.2, 0.25) is 0 Å². The third-order valence-corrected chi connectivity index (χ3v) is 5.53. The molecule has 0 radical (unpaired) electrons. The van der Waals surface area contributed by atoms with Crippen LogP contribution in [0.15, 0.2) is 24.3 Å². The second-order valence-electron chi connectivity index (χ2n) is 6.35. The Bertz CT molecular complexity index is 557. The molecule has 0 aliphatic carbocycles. The molecule has 0 amide bonds. The minimum Gasteiger partial charge on any atom is -0.478 e. The summed E-state index contributed by atoms with van der Waals surface area (Å²) in [4.78, 5) is 10.9. The molecule has 0 aromatic heterocycles. The van der Waals surface area contributed by atoms with Gasteiger partial charge in [-0.05, 0) is 30.5 Å². The number of rotatable bonds is 8. The number of aromatic carboxylic acids is 1. The number of ether oxygens (including phenoxy) is 1. The van der Waals surface area contributed by atoms with Gasteiger partial charge in [0.1, 0.15) is 11.4 Å². The summed E-state index contributed by atoms with van der Waals surface area (Å²) in [6.45, 7) is 2.93. The second-order valence-corrected chi connectivity index (χ2v) is 7.58. The highest BCUT2D eigenvalue weighted by atomic mass is 31.1. The van der Waals surface area contributed by atoms with E-state index in [9.17, 15) is 14.5 Å². The molecule has 1 aromatic rings. The van der Waals surface area contributed by atoms with E-state index in [2.05, 4.69) is 5.32 Å². The number of carboxylic acids is 1. The third-order valence-electron chi connectivity index (χ3n) is 4.47. The molecule has 1 heterocycles. The first kappa shape index (κ1) is 19.1. The number of hydrogen-bond donors (Lipinski definition) is 3. The molecule has 1 fully saturated rings. The summed E-state index contributed by atoms with van der Waals surface area (Å²) in [5.74, 6) is -0.935. The van der Waals surface area contributed by atoms with Gasteiger partial charge in [0.15, 0.2) is 0 Å². The van der Waals surface area contributed by atoms with Crippen molar-refractivity contribution in [3.8, 4) is 0 Å². The highest BCUT2D eigenvalue weighted by Crippen LogP contribution is 2.33. The van der Waals surface area contributed by atoms with Crippen LogP contribution in [0.3, 0.4) is 0 Å². The van der Waals surface area contributed by atoms with Gasteiger partial charge in [-0.25, -0.2) is 4.79 Å². The number of nitrogens with one attached hydrogen (secondary N) is 1. The van der Waals surface area contributed by atoms with Gasteiger partial charge < -0.3 is 24.8 Å². The third kappa shape index (κ3) is 4.90. The molecule has 2 unspecified atom stereocenters. The smallest absolute Gasteiger partial charge is 0.335 e. The number of hydrogen-bond acceptors (Lipinski definition) is 5. The molecular formula is C17H26NO5P. The largest absolute Gasteiger partial charge is 0.478 e. The predicted molar refractivity (Wildman–Crippen MR) is 93.5 cm³/mol. The first-order valence-electron chi connectivity index (χ1n) is 8.34. The first-order valence-corrected chi connectivity index (χ1v) is 9.39. The molecule has 0 spiro atoms. The first-order chi connectivity index (χ1) is 11.5. The predicted octanol–water partition coefficient (Wildman–Crippen LogP) is 1.92. The van der Waals surface area contributed by atoms with Crippen LogP contribution in [-0.2, 0) is 15.7 Å². The molecule has 1 saturated heterocycles. The van der Waals surface area contributed by atoms with Crippen molar-refractivity contribution < 1.29 is 24.3 Å². The normalized spacial score (nSPS) is 24.1. The average Bonchev–Trinajstić information content (AvgIpc) is 2.60. The van der Waals surface area contributed by atoms with Crippen molar-refractivity contribution >= 4 is 14.4 Å². The van der Waals surface area contributed by atoms with Crippen LogP contribution in [0, 0.1) is 0 Å². The lowest BCUT2D eigenvalue weighted by Crippen LogP contribution is -2.54. The number of carbonyl (C=O) groups is 1. The molecule has 1 aromatic carbocycles. The molecule has 134 valence electrons. The van der Waals surface area contributed by atoms with Gasteiger partial charge in [-0.3, -0.25) is 0 Å². The van der Waals surface area contributed by atoms with Gasteiger partial charge in [0.25, 0.3) is 0 Å². The van der Waals surface area contributed by atoms with Gasteiger partial charge in [0.05, 0.1) is 20.6 Å². The summed E-state index contributed by atoms with van der Waals surface area (Å²) in [6.07, 6.45) is 2.53. The van der Waals surface area contributed by atoms with Gasteiger partial charge in [-0.1, -0.05) is 31.9 Å². The van der Waals surface area contributed by atoms with Crippen molar-refractivity contribution in [3.63, 3.8) is 0 Å². The zero-order valence-corrected chi connectivity index (χ0v) is 15.1. The summed E-state index contributed by atoms with van der Waals surface area (Å²) in [5, 5.41) is 21.6. The molecule has 7 heteroatoms. The topological polar surface area (TPSA) is 95.9 Å². The molecule has 0 bridgehead atoms. The summed E-state index contributed by atoms with van der Waals surface area (Å²) in [5.41, 5.74) is 1.29. The Kier molecular flexibility index (Phi) is 6.99. The number of morpholine rings is 1. The minimum atomic E-state index is -1.32. The number of benzene rings is 1. The van der Waals surface area contributed by atoms with E-state index in [1.807, 2.05) is 6.92 Å². The zero-order chi connectivity index (χ0) is 17.6. The van der Waals surface area contributed by atoms with Crippen LogP contribution in [-0.4, -0.2) is 46.8 Å². The Hall–Kier alpha value is -1.20. The average molecular weight is 355 g/mol. The van der Waals surface area contributed by atoms with E-state index >= 15 is 0 Å². The zero-order valence-electron chi connectivity index (χ0n) is 13.9. The molecule has 0 saturated carbocycles. The molecule has 2 rings (SSSR count). The second kappa shape index (κ2) is 8.77.